The van der Waals surface area contributed by atoms with Crippen LogP contribution < -0.4 is 10.1 Å². The van der Waals surface area contributed by atoms with Crippen LogP contribution in [0.15, 0.2) is 29.6 Å². The molecule has 6 heteroatoms. The normalized spacial score (nSPS) is 13.6. The van der Waals surface area contributed by atoms with Crippen molar-refractivity contribution in [2.75, 3.05) is 25.5 Å². The van der Waals surface area contributed by atoms with E-state index in [0.717, 1.165) is 18.7 Å². The second kappa shape index (κ2) is 6.58. The molecule has 2 aromatic rings. The van der Waals surface area contributed by atoms with E-state index in [0.29, 0.717) is 17.3 Å². The number of hydrogen-bond donors (Lipinski definition) is 1. The highest BCUT2D eigenvalue weighted by molar-refractivity contribution is 7.10. The number of benzene rings is 1. The van der Waals surface area contributed by atoms with Crippen LogP contribution in [0, 0.1) is 0 Å². The van der Waals surface area contributed by atoms with E-state index in [2.05, 4.69) is 16.8 Å². The van der Waals surface area contributed by atoms with E-state index < -0.39 is 0 Å². The van der Waals surface area contributed by atoms with Crippen LogP contribution in [-0.4, -0.2) is 31.0 Å². The molecule has 4 nitrogen and oxygen atoms in total. The van der Waals surface area contributed by atoms with E-state index in [4.69, 9.17) is 16.3 Å². The van der Waals surface area contributed by atoms with Gasteiger partial charge < -0.3 is 15.0 Å². The van der Waals surface area contributed by atoms with Crippen LogP contribution in [0.5, 0.6) is 5.75 Å². The van der Waals surface area contributed by atoms with E-state index in [1.165, 1.54) is 10.4 Å². The van der Waals surface area contributed by atoms with E-state index >= 15 is 0 Å². The molecule has 2 heterocycles. The third-order valence-corrected chi connectivity index (χ3v) is 5.01. The standard InChI is InChI=1S/C16H17ClN2O2S/c1-21-14-3-2-12(17)8-13(14)18-9-16(20)19-6-4-15-11(10-19)5-7-22-15/h2-3,5,7-8,18H,4,6,9-10H2,1H3. The highest BCUT2D eigenvalue weighted by Gasteiger charge is 2.21. The number of nitrogens with one attached hydrogen (secondary N) is 1. The lowest BCUT2D eigenvalue weighted by molar-refractivity contribution is -0.130. The molecule has 0 spiro atoms. The monoisotopic (exact) mass is 336 g/mol. The smallest absolute Gasteiger partial charge is 0.242 e. The molecule has 116 valence electrons. The molecule has 0 saturated carbocycles. The maximum Gasteiger partial charge on any atom is 0.242 e. The zero-order chi connectivity index (χ0) is 15.5. The minimum absolute atomic E-state index is 0.0823. The van der Waals surface area contributed by atoms with Crippen molar-refractivity contribution < 1.29 is 9.53 Å². The summed E-state index contributed by atoms with van der Waals surface area (Å²) >= 11 is 7.76. The van der Waals surface area contributed by atoms with E-state index in [1.54, 1.807) is 36.6 Å². The van der Waals surface area contributed by atoms with Crippen LogP contribution in [0.4, 0.5) is 5.69 Å². The minimum atomic E-state index is 0.0823. The number of anilines is 1. The van der Waals surface area contributed by atoms with Crippen molar-refractivity contribution in [2.45, 2.75) is 13.0 Å². The molecule has 1 N–H and O–H groups in total. The molecule has 1 amide bonds. The van der Waals surface area contributed by atoms with Gasteiger partial charge in [-0.2, -0.15) is 0 Å². The molecule has 1 aliphatic heterocycles. The Bertz CT molecular complexity index is 687. The maximum atomic E-state index is 12.4. The summed E-state index contributed by atoms with van der Waals surface area (Å²) in [6.45, 7) is 1.71. The van der Waals surface area contributed by atoms with E-state index in [1.807, 2.05) is 4.90 Å². The second-order valence-electron chi connectivity index (χ2n) is 5.13. The number of rotatable bonds is 4. The van der Waals surface area contributed by atoms with Gasteiger partial charge in [0, 0.05) is 23.0 Å². The highest BCUT2D eigenvalue weighted by atomic mass is 35.5. The predicted molar refractivity (Wildman–Crippen MR) is 89.9 cm³/mol. The number of amides is 1. The van der Waals surface area contributed by atoms with Crippen LogP contribution in [0.1, 0.15) is 10.4 Å². The van der Waals surface area contributed by atoms with Crippen molar-refractivity contribution in [3.05, 3.63) is 45.1 Å². The summed E-state index contributed by atoms with van der Waals surface area (Å²) in [6.07, 6.45) is 0.944. The fourth-order valence-corrected chi connectivity index (χ4v) is 3.62. The van der Waals surface area contributed by atoms with Gasteiger partial charge in [-0.05, 0) is 41.6 Å². The van der Waals surface area contributed by atoms with Gasteiger partial charge >= 0.3 is 0 Å². The van der Waals surface area contributed by atoms with E-state index in [-0.39, 0.29) is 12.5 Å². The Morgan fingerprint density at radius 3 is 3.14 bits per heavy atom. The summed E-state index contributed by atoms with van der Waals surface area (Å²) in [5.74, 6) is 0.759. The predicted octanol–water partition coefficient (Wildman–Crippen LogP) is 3.41. The topological polar surface area (TPSA) is 41.6 Å². The Morgan fingerprint density at radius 1 is 1.45 bits per heavy atom. The summed E-state index contributed by atoms with van der Waals surface area (Å²) < 4.78 is 5.27. The molecule has 3 rings (SSSR count). The first-order valence-corrected chi connectivity index (χ1v) is 8.33. The van der Waals surface area contributed by atoms with Crippen LogP contribution in [0.2, 0.25) is 5.02 Å². The van der Waals surface area contributed by atoms with Gasteiger partial charge in [-0.15, -0.1) is 11.3 Å². The van der Waals surface area contributed by atoms with Gasteiger partial charge in [0.05, 0.1) is 19.3 Å². The summed E-state index contributed by atoms with van der Waals surface area (Å²) in [5.41, 5.74) is 2.00. The van der Waals surface area contributed by atoms with Crippen molar-refractivity contribution in [1.29, 1.82) is 0 Å². The fourth-order valence-electron chi connectivity index (χ4n) is 2.56. The first-order chi connectivity index (χ1) is 10.7. The molecule has 0 saturated heterocycles. The van der Waals surface area contributed by atoms with Crippen LogP contribution in [0.3, 0.4) is 0 Å². The zero-order valence-corrected chi connectivity index (χ0v) is 13.8. The lowest BCUT2D eigenvalue weighted by Gasteiger charge is -2.27. The molecule has 0 radical (unpaired) electrons. The number of carbonyl (C=O) groups excluding carboxylic acids is 1. The number of thiophene rings is 1. The maximum absolute atomic E-state index is 12.4. The molecule has 0 fully saturated rings. The Kier molecular flexibility index (Phi) is 4.55. The van der Waals surface area contributed by atoms with Crippen LogP contribution in [-0.2, 0) is 17.8 Å². The highest BCUT2D eigenvalue weighted by Crippen LogP contribution is 2.28. The van der Waals surface area contributed by atoms with Gasteiger partial charge in [0.1, 0.15) is 5.75 Å². The molecule has 1 aliphatic rings. The van der Waals surface area contributed by atoms with E-state index in [9.17, 15) is 4.79 Å². The van der Waals surface area contributed by atoms with Crippen LogP contribution >= 0.6 is 22.9 Å². The number of nitrogens with zero attached hydrogens (tertiary/aromatic N) is 1. The zero-order valence-electron chi connectivity index (χ0n) is 12.3. The van der Waals surface area contributed by atoms with Crippen molar-refractivity contribution >= 4 is 34.5 Å². The summed E-state index contributed by atoms with van der Waals surface area (Å²) in [7, 11) is 1.60. The largest absolute Gasteiger partial charge is 0.495 e. The molecule has 1 aromatic carbocycles. The van der Waals surface area contributed by atoms with Gasteiger partial charge in [-0.25, -0.2) is 0 Å². The SMILES string of the molecule is COc1ccc(Cl)cc1NCC(=O)N1CCc2sccc2C1. The Morgan fingerprint density at radius 2 is 2.32 bits per heavy atom. The summed E-state index contributed by atoms with van der Waals surface area (Å²) in [6, 6.07) is 7.41. The lowest BCUT2D eigenvalue weighted by Crippen LogP contribution is -2.38. The second-order valence-corrected chi connectivity index (χ2v) is 6.57. The van der Waals surface area contributed by atoms with Gasteiger partial charge in [0.25, 0.3) is 0 Å². The Labute approximate surface area is 138 Å². The first kappa shape index (κ1) is 15.2. The molecule has 22 heavy (non-hydrogen) atoms. The molecule has 0 bridgehead atoms. The molecule has 1 aromatic heterocycles. The van der Waals surface area contributed by atoms with Crippen molar-refractivity contribution in [2.24, 2.45) is 0 Å². The number of fused-ring (bicyclic) bond motifs is 1. The van der Waals surface area contributed by atoms with Crippen LogP contribution in [0.25, 0.3) is 0 Å². The lowest BCUT2D eigenvalue weighted by atomic mass is 10.1. The summed E-state index contributed by atoms with van der Waals surface area (Å²) in [4.78, 5) is 15.7. The molecular weight excluding hydrogens is 320 g/mol. The molecule has 0 atom stereocenters. The van der Waals surface area contributed by atoms with Gasteiger partial charge in [-0.1, -0.05) is 11.6 Å². The number of carbonyl (C=O) groups is 1. The third-order valence-electron chi connectivity index (χ3n) is 3.75. The van der Waals surface area contributed by atoms with Gasteiger partial charge in [0.15, 0.2) is 0 Å². The number of methoxy groups -OCH3 is 1. The molecular formula is C16H17ClN2O2S. The van der Waals surface area contributed by atoms with Crippen molar-refractivity contribution in [3.63, 3.8) is 0 Å². The average Bonchev–Trinajstić information content (AvgIpc) is 3.00. The van der Waals surface area contributed by atoms with Gasteiger partial charge in [-0.3, -0.25) is 4.79 Å². The fraction of sp³-hybridized carbons (Fsp3) is 0.312. The first-order valence-electron chi connectivity index (χ1n) is 7.08. The number of halogens is 1. The Balaban J connectivity index is 1.62. The quantitative estimate of drug-likeness (QED) is 0.930. The van der Waals surface area contributed by atoms with Gasteiger partial charge in [0.2, 0.25) is 5.91 Å². The third kappa shape index (κ3) is 3.20. The molecule has 0 unspecified atom stereocenters. The van der Waals surface area contributed by atoms with Crippen molar-refractivity contribution in [1.82, 2.24) is 4.90 Å². The Hall–Kier alpha value is -1.72. The summed E-state index contributed by atoms with van der Waals surface area (Å²) in [5, 5.41) is 5.82. The number of hydrogen-bond acceptors (Lipinski definition) is 4. The molecule has 0 aliphatic carbocycles. The number of ether oxygens (including phenoxy) is 1. The van der Waals surface area contributed by atoms with Crippen molar-refractivity contribution in [3.8, 4) is 5.75 Å². The minimum Gasteiger partial charge on any atom is -0.495 e. The average molecular weight is 337 g/mol.